The molecule has 9 rings (SSSR count). The van der Waals surface area contributed by atoms with Crippen molar-refractivity contribution in [3.8, 4) is 46.0 Å². The molecule has 8 heteroatoms. The van der Waals surface area contributed by atoms with E-state index in [-0.39, 0.29) is 54.8 Å². The fourth-order valence-corrected chi connectivity index (χ4v) is 14.8. The molecule has 0 saturated heterocycles. The largest absolute Gasteiger partial charge is 0.507 e. The number of aromatic hydroxyl groups is 2. The Hall–Kier alpha value is -7.84. The van der Waals surface area contributed by atoms with E-state index in [2.05, 4.69) is 263 Å². The first kappa shape index (κ1) is 78.3. The van der Waals surface area contributed by atoms with Crippen LogP contribution < -0.4 is 28.4 Å². The molecule has 102 heavy (non-hydrogen) atoms. The van der Waals surface area contributed by atoms with Crippen molar-refractivity contribution in [2.75, 3.05) is 42.7 Å². The molecular weight excluding hydrogens is 1260 g/mol. The molecule has 1 aliphatic carbocycles. The monoisotopic (exact) mass is 1380 g/mol. The van der Waals surface area contributed by atoms with Gasteiger partial charge in [0.05, 0.1) is 42.7 Å². The number of phenolic OH excluding ortho intramolecular Hbond substituents is 2. The van der Waals surface area contributed by atoms with E-state index >= 15 is 0 Å². The molecule has 0 unspecified atom stereocenters. The standard InChI is InChI=1S/C94H124O8/c1-87(2,3)71-39-55-31-59-43-73(89(7,8)9)44-60(81(59)97-25)32-56-40-72(88(4,5)6)42-58(80(56)96)34-62-46-75(91(13,14)15)48-64(83(62)99-27)36-66-50-77(93(19,20)21)52-68(85(66)101-29)38-70-54-78(94(22,23)24)53-69(86(70)102-30)37-67-51-76(92(16,17)18)49-65(84(67)100-28)35-63-47-74(90(10,11)12)45-61(82(63)98-26)33-57(41-71)79(55)95/h39-54,95-96H,31-38H2,1-30H3. The summed E-state index contributed by atoms with van der Waals surface area (Å²) in [6, 6.07) is 36.7. The Morgan fingerprint density at radius 2 is 0.265 bits per heavy atom. The fourth-order valence-electron chi connectivity index (χ4n) is 14.8. The maximum absolute atomic E-state index is 13.1. The second-order valence-corrected chi connectivity index (χ2v) is 37.7. The van der Waals surface area contributed by atoms with Crippen molar-refractivity contribution in [1.29, 1.82) is 0 Å². The summed E-state index contributed by atoms with van der Waals surface area (Å²) in [5.74, 6) is 5.29. The summed E-state index contributed by atoms with van der Waals surface area (Å²) in [6.07, 6.45) is 3.75. The van der Waals surface area contributed by atoms with Crippen molar-refractivity contribution < 1.29 is 38.6 Å². The molecule has 0 aliphatic heterocycles. The summed E-state index contributed by atoms with van der Waals surface area (Å²) >= 11 is 0. The predicted octanol–water partition coefficient (Wildman–Crippen LogP) is 22.6. The lowest BCUT2D eigenvalue weighted by Crippen LogP contribution is -2.16. The van der Waals surface area contributed by atoms with Crippen LogP contribution >= 0.6 is 0 Å². The number of hydrogen-bond acceptors (Lipinski definition) is 8. The van der Waals surface area contributed by atoms with Crippen LogP contribution in [0.2, 0.25) is 0 Å². The normalized spacial score (nSPS) is 13.9. The molecule has 0 spiro atoms. The molecule has 0 aromatic heterocycles. The summed E-state index contributed by atoms with van der Waals surface area (Å²) in [7, 11) is 10.7. The van der Waals surface area contributed by atoms with Gasteiger partial charge in [0.25, 0.3) is 0 Å². The molecule has 0 amide bonds. The zero-order valence-electron chi connectivity index (χ0n) is 68.2. The van der Waals surface area contributed by atoms with Crippen molar-refractivity contribution in [2.45, 2.75) is 261 Å². The Bertz CT molecular complexity index is 4180. The average Bonchev–Trinajstić information content (AvgIpc) is 0.773. The zero-order chi connectivity index (χ0) is 75.7. The molecule has 8 aromatic carbocycles. The Labute approximate surface area is 615 Å². The van der Waals surface area contributed by atoms with Crippen molar-refractivity contribution in [2.24, 2.45) is 0 Å². The molecule has 0 atom stereocenters. The van der Waals surface area contributed by atoms with E-state index in [0.717, 1.165) is 140 Å². The van der Waals surface area contributed by atoms with Gasteiger partial charge in [0.1, 0.15) is 46.0 Å². The maximum Gasteiger partial charge on any atom is 0.125 e. The van der Waals surface area contributed by atoms with Gasteiger partial charge in [-0.15, -0.1) is 0 Å². The summed E-state index contributed by atoms with van der Waals surface area (Å²) in [4.78, 5) is 0. The van der Waals surface area contributed by atoms with Gasteiger partial charge in [0.15, 0.2) is 0 Å². The second-order valence-electron chi connectivity index (χ2n) is 37.7. The lowest BCUT2D eigenvalue weighted by molar-refractivity contribution is 0.396. The molecular formula is C94H124O8. The van der Waals surface area contributed by atoms with E-state index in [1.165, 1.54) is 27.8 Å². The van der Waals surface area contributed by atoms with Crippen LogP contribution in [0.3, 0.4) is 0 Å². The Kier molecular flexibility index (Phi) is 22.0. The first-order valence-corrected chi connectivity index (χ1v) is 37.0. The number of fused-ring (bicyclic) bond motifs is 16. The van der Waals surface area contributed by atoms with Crippen LogP contribution in [0.4, 0.5) is 0 Å². The van der Waals surface area contributed by atoms with Crippen LogP contribution in [-0.2, 0) is 94.7 Å². The molecule has 0 radical (unpaired) electrons. The van der Waals surface area contributed by atoms with Crippen molar-refractivity contribution in [3.63, 3.8) is 0 Å². The maximum atomic E-state index is 13.1. The number of benzene rings is 8. The van der Waals surface area contributed by atoms with E-state index in [1.54, 1.807) is 21.3 Å². The van der Waals surface area contributed by atoms with Gasteiger partial charge < -0.3 is 38.6 Å². The Morgan fingerprint density at radius 3 is 0.353 bits per heavy atom. The second kappa shape index (κ2) is 28.7. The topological polar surface area (TPSA) is 95.8 Å². The Morgan fingerprint density at radius 1 is 0.176 bits per heavy atom. The summed E-state index contributed by atoms with van der Waals surface area (Å²) in [5.41, 5.74) is 23.0. The summed E-state index contributed by atoms with van der Waals surface area (Å²) in [6.45, 7) is 54.4. The zero-order valence-corrected chi connectivity index (χ0v) is 68.2. The highest BCUT2D eigenvalue weighted by molar-refractivity contribution is 5.63. The molecule has 8 nitrogen and oxygen atoms in total. The van der Waals surface area contributed by atoms with Gasteiger partial charge in [-0.3, -0.25) is 0 Å². The average molecular weight is 1380 g/mol. The van der Waals surface area contributed by atoms with E-state index in [4.69, 9.17) is 28.4 Å². The predicted molar refractivity (Wildman–Crippen MR) is 426 cm³/mol. The minimum Gasteiger partial charge on any atom is -0.507 e. The van der Waals surface area contributed by atoms with E-state index in [1.807, 2.05) is 21.3 Å². The molecule has 548 valence electrons. The molecule has 0 saturated carbocycles. The van der Waals surface area contributed by atoms with Gasteiger partial charge in [0.2, 0.25) is 0 Å². The Balaban J connectivity index is 1.40. The van der Waals surface area contributed by atoms with Crippen molar-refractivity contribution in [3.05, 3.63) is 231 Å². The quantitative estimate of drug-likeness (QED) is 0.170. The number of hydrogen-bond donors (Lipinski definition) is 2. The molecule has 16 bridgehead atoms. The van der Waals surface area contributed by atoms with Crippen LogP contribution in [-0.4, -0.2) is 52.9 Å². The fraction of sp³-hybridized carbons (Fsp3) is 0.489. The van der Waals surface area contributed by atoms with Crippen LogP contribution in [0.1, 0.15) is 300 Å². The molecule has 0 fully saturated rings. The third kappa shape index (κ3) is 17.0. The van der Waals surface area contributed by atoms with E-state index in [9.17, 15) is 10.2 Å². The third-order valence-electron chi connectivity index (χ3n) is 21.2. The number of phenols is 2. The summed E-state index contributed by atoms with van der Waals surface area (Å²) < 4.78 is 40.2. The number of ether oxygens (including phenoxy) is 6. The highest BCUT2D eigenvalue weighted by Crippen LogP contribution is 2.48. The summed E-state index contributed by atoms with van der Waals surface area (Å²) in [5, 5.41) is 26.3. The van der Waals surface area contributed by atoms with Crippen LogP contribution in [0.5, 0.6) is 46.0 Å². The SMILES string of the molecule is COc1c2cc(C(C)(C)C)cc1Cc1cc(C(C)(C)C)cc(c1O)Cc1cc(C(C)(C)C)cc(c1OC)Cc1cc(C(C)(C)C)cc(c1OC)Cc1cc(C(C)(C)C)cc(c1OC)Cc1cc(C(C)(C)C)cc(c1OC)Cc1cc(C(C)(C)C)cc(c1OC)Cc1cc(C(C)(C)C)cc(c1O)C2. The minimum absolute atomic E-state index is 0.219. The molecule has 1 aliphatic rings. The van der Waals surface area contributed by atoms with Gasteiger partial charge >= 0.3 is 0 Å². The smallest absolute Gasteiger partial charge is 0.125 e. The van der Waals surface area contributed by atoms with Gasteiger partial charge in [-0.1, -0.05) is 263 Å². The highest BCUT2D eigenvalue weighted by Gasteiger charge is 2.33. The van der Waals surface area contributed by atoms with Crippen molar-refractivity contribution in [1.82, 2.24) is 0 Å². The molecule has 8 aromatic rings. The van der Waals surface area contributed by atoms with Gasteiger partial charge in [0, 0.05) is 51.4 Å². The molecule has 0 heterocycles. The lowest BCUT2D eigenvalue weighted by atomic mass is 9.79. The van der Waals surface area contributed by atoms with Crippen molar-refractivity contribution >= 4 is 0 Å². The third-order valence-corrected chi connectivity index (χ3v) is 21.2. The molecule has 2 N–H and O–H groups in total. The van der Waals surface area contributed by atoms with Gasteiger partial charge in [-0.2, -0.15) is 0 Å². The van der Waals surface area contributed by atoms with E-state index < -0.39 is 0 Å². The lowest BCUT2D eigenvalue weighted by Gasteiger charge is -2.28. The highest BCUT2D eigenvalue weighted by atomic mass is 16.5. The number of methoxy groups -OCH3 is 6. The van der Waals surface area contributed by atoms with Crippen LogP contribution in [0.25, 0.3) is 0 Å². The van der Waals surface area contributed by atoms with Crippen LogP contribution in [0.15, 0.2) is 97.1 Å². The van der Waals surface area contributed by atoms with Gasteiger partial charge in [-0.05, 0) is 177 Å². The first-order chi connectivity index (χ1) is 47.1. The van der Waals surface area contributed by atoms with Gasteiger partial charge in [-0.25, -0.2) is 0 Å². The van der Waals surface area contributed by atoms with E-state index in [0.29, 0.717) is 51.4 Å². The minimum atomic E-state index is -0.272. The number of rotatable bonds is 6. The first-order valence-electron chi connectivity index (χ1n) is 37.0. The van der Waals surface area contributed by atoms with Crippen LogP contribution in [0, 0.1) is 0 Å².